The predicted molar refractivity (Wildman–Crippen MR) is 145 cm³/mol. The first-order valence-corrected chi connectivity index (χ1v) is 12.1. The number of carbonyl (C=O) groups excluding carboxylic acids is 3. The Kier molecular flexibility index (Phi) is 7.63. The second kappa shape index (κ2) is 11.1. The highest BCUT2D eigenvalue weighted by molar-refractivity contribution is 6.10. The molecule has 2 N–H and O–H groups in total. The second-order valence-corrected chi connectivity index (χ2v) is 9.01. The van der Waals surface area contributed by atoms with Crippen LogP contribution >= 0.6 is 0 Å². The highest BCUT2D eigenvalue weighted by atomic mass is 16.5. The molecule has 0 aromatic heterocycles. The van der Waals surface area contributed by atoms with E-state index in [0.717, 1.165) is 11.1 Å². The van der Waals surface area contributed by atoms with Gasteiger partial charge in [0.1, 0.15) is 11.5 Å². The van der Waals surface area contributed by atoms with E-state index in [-0.39, 0.29) is 28.4 Å². The van der Waals surface area contributed by atoms with Crippen LogP contribution in [-0.4, -0.2) is 31.9 Å². The summed E-state index contributed by atoms with van der Waals surface area (Å²) >= 11 is 0. The molecular formula is C31H27N3O5. The lowest BCUT2D eigenvalue weighted by molar-refractivity contribution is -0.139. The van der Waals surface area contributed by atoms with Crippen molar-refractivity contribution in [3.8, 4) is 6.07 Å². The number of ketones is 1. The van der Waals surface area contributed by atoms with Crippen LogP contribution in [0.4, 0.5) is 5.69 Å². The van der Waals surface area contributed by atoms with E-state index in [0.29, 0.717) is 22.4 Å². The van der Waals surface area contributed by atoms with E-state index in [1.54, 1.807) is 60.7 Å². The van der Waals surface area contributed by atoms with Crippen molar-refractivity contribution in [1.82, 2.24) is 0 Å². The van der Waals surface area contributed by atoms with E-state index in [2.05, 4.69) is 6.07 Å². The number of aryl methyl sites for hydroxylation is 2. The van der Waals surface area contributed by atoms with Crippen LogP contribution in [0.25, 0.3) is 0 Å². The summed E-state index contributed by atoms with van der Waals surface area (Å²) < 4.78 is 10.1. The quantitative estimate of drug-likeness (QED) is 0.373. The summed E-state index contributed by atoms with van der Waals surface area (Å²) in [5.41, 5.74) is 10.3. The number of hydrogen-bond acceptors (Lipinski definition) is 8. The zero-order valence-corrected chi connectivity index (χ0v) is 22.0. The van der Waals surface area contributed by atoms with Gasteiger partial charge in [-0.2, -0.15) is 5.26 Å². The fourth-order valence-corrected chi connectivity index (χ4v) is 4.59. The van der Waals surface area contributed by atoms with Gasteiger partial charge in [-0.3, -0.25) is 9.69 Å². The van der Waals surface area contributed by atoms with Crippen LogP contribution in [0.3, 0.4) is 0 Å². The van der Waals surface area contributed by atoms with Crippen LogP contribution in [0, 0.1) is 25.2 Å². The Labute approximate surface area is 226 Å². The van der Waals surface area contributed by atoms with Gasteiger partial charge in [-0.05, 0) is 60.9 Å². The summed E-state index contributed by atoms with van der Waals surface area (Å²) in [6.07, 6.45) is 0. The number of hydrogen-bond donors (Lipinski definition) is 1. The molecule has 0 radical (unpaired) electrons. The van der Waals surface area contributed by atoms with Gasteiger partial charge in [0.2, 0.25) is 0 Å². The maximum Gasteiger partial charge on any atom is 0.355 e. The fraction of sp³-hybridized carbons (Fsp3) is 0.161. The second-order valence-electron chi connectivity index (χ2n) is 9.01. The molecule has 1 aliphatic rings. The van der Waals surface area contributed by atoms with Gasteiger partial charge in [0.25, 0.3) is 0 Å². The zero-order valence-electron chi connectivity index (χ0n) is 22.0. The topological polar surface area (TPSA) is 123 Å². The first-order valence-electron chi connectivity index (χ1n) is 12.1. The molecule has 0 amide bonds. The number of nitriles is 1. The number of anilines is 1. The molecule has 0 saturated carbocycles. The van der Waals surface area contributed by atoms with Crippen LogP contribution in [0.5, 0.6) is 0 Å². The molecule has 39 heavy (non-hydrogen) atoms. The van der Waals surface area contributed by atoms with E-state index in [9.17, 15) is 19.6 Å². The Morgan fingerprint density at radius 3 is 2.03 bits per heavy atom. The van der Waals surface area contributed by atoms with Crippen molar-refractivity contribution in [2.75, 3.05) is 19.1 Å². The summed E-state index contributed by atoms with van der Waals surface area (Å²) in [5.74, 6) is -2.83. The maximum absolute atomic E-state index is 13.2. The average molecular weight is 522 g/mol. The molecule has 4 rings (SSSR count). The van der Waals surface area contributed by atoms with E-state index < -0.39 is 17.9 Å². The lowest BCUT2D eigenvalue weighted by Gasteiger charge is -2.35. The van der Waals surface area contributed by atoms with Gasteiger partial charge < -0.3 is 15.2 Å². The van der Waals surface area contributed by atoms with E-state index in [1.807, 2.05) is 26.0 Å². The molecule has 1 aliphatic heterocycles. The number of ether oxygens (including phenoxy) is 2. The molecule has 0 saturated heterocycles. The van der Waals surface area contributed by atoms with Crippen molar-refractivity contribution in [1.29, 1.82) is 5.26 Å². The van der Waals surface area contributed by atoms with Gasteiger partial charge in [-0.25, -0.2) is 9.59 Å². The highest BCUT2D eigenvalue weighted by Crippen LogP contribution is 2.43. The molecule has 0 spiro atoms. The molecule has 8 heteroatoms. The Bertz CT molecular complexity index is 1560. The number of esters is 2. The SMILES string of the molecule is COC(=O)C1=C(C(=O)OC)N(c2ccc(C(=O)c3ccc(C)c(C)c3)cc2)C(N)=C(C#N)C1c1ccccc1. The Hall–Kier alpha value is -5.16. The van der Waals surface area contributed by atoms with E-state index >= 15 is 0 Å². The van der Waals surface area contributed by atoms with Crippen molar-refractivity contribution < 1.29 is 23.9 Å². The third kappa shape index (κ3) is 4.90. The molecule has 196 valence electrons. The number of allylic oxidation sites excluding steroid dienone is 1. The summed E-state index contributed by atoms with van der Waals surface area (Å²) in [5, 5.41) is 10.1. The number of benzene rings is 3. The number of carbonyl (C=O) groups is 3. The van der Waals surface area contributed by atoms with E-state index in [1.165, 1.54) is 19.1 Å². The minimum absolute atomic E-state index is 0.0485. The fourth-order valence-electron chi connectivity index (χ4n) is 4.59. The molecule has 1 atom stereocenters. The Balaban J connectivity index is 1.88. The van der Waals surface area contributed by atoms with Crippen LogP contribution in [0.1, 0.15) is 38.5 Å². The lowest BCUT2D eigenvalue weighted by atomic mass is 9.81. The molecule has 1 heterocycles. The maximum atomic E-state index is 13.2. The van der Waals surface area contributed by atoms with Crippen LogP contribution < -0.4 is 10.6 Å². The lowest BCUT2D eigenvalue weighted by Crippen LogP contribution is -2.40. The first-order chi connectivity index (χ1) is 18.7. The van der Waals surface area contributed by atoms with Crippen LogP contribution in [0.15, 0.2) is 95.5 Å². The molecule has 0 aliphatic carbocycles. The van der Waals surface area contributed by atoms with Gasteiger partial charge >= 0.3 is 11.9 Å². The number of methoxy groups -OCH3 is 2. The van der Waals surface area contributed by atoms with Gasteiger partial charge in [0, 0.05) is 16.8 Å². The minimum atomic E-state index is -0.959. The van der Waals surface area contributed by atoms with Gasteiger partial charge in [0.05, 0.1) is 37.4 Å². The summed E-state index contributed by atoms with van der Waals surface area (Å²) in [7, 11) is 2.38. The molecular weight excluding hydrogens is 494 g/mol. The highest BCUT2D eigenvalue weighted by Gasteiger charge is 2.43. The largest absolute Gasteiger partial charge is 0.466 e. The monoisotopic (exact) mass is 521 g/mol. The minimum Gasteiger partial charge on any atom is -0.466 e. The summed E-state index contributed by atoms with van der Waals surface area (Å²) in [4.78, 5) is 40.7. The molecule has 1 unspecified atom stereocenters. The van der Waals surface area contributed by atoms with Crippen molar-refractivity contribution in [2.45, 2.75) is 19.8 Å². The number of nitrogens with zero attached hydrogens (tertiary/aromatic N) is 2. The predicted octanol–water partition coefficient (Wildman–Crippen LogP) is 4.43. The normalized spacial score (nSPS) is 15.1. The Morgan fingerprint density at radius 1 is 0.846 bits per heavy atom. The number of nitrogens with two attached hydrogens (primary N) is 1. The molecule has 0 fully saturated rings. The third-order valence-corrected chi connectivity index (χ3v) is 6.77. The standard InChI is InChI=1S/C31H27N3O5/c1-18-10-11-22(16-19(18)2)28(35)21-12-14-23(15-13-21)34-27(31(37)39-4)26(30(36)38-3)25(24(17-32)29(34)33)20-8-6-5-7-9-20/h5-16,25H,33H2,1-4H3. The smallest absolute Gasteiger partial charge is 0.355 e. The zero-order chi connectivity index (χ0) is 28.3. The van der Waals surface area contributed by atoms with Crippen molar-refractivity contribution in [2.24, 2.45) is 5.73 Å². The molecule has 3 aromatic carbocycles. The van der Waals surface area contributed by atoms with Crippen LogP contribution in [-0.2, 0) is 19.1 Å². The van der Waals surface area contributed by atoms with Crippen LogP contribution in [0.2, 0.25) is 0 Å². The third-order valence-electron chi connectivity index (χ3n) is 6.77. The van der Waals surface area contributed by atoms with Crippen molar-refractivity contribution in [3.05, 3.63) is 123 Å². The molecule has 0 bridgehead atoms. The Morgan fingerprint density at radius 2 is 1.46 bits per heavy atom. The first kappa shape index (κ1) is 26.9. The molecule has 3 aromatic rings. The number of rotatable bonds is 6. The average Bonchev–Trinajstić information content (AvgIpc) is 2.97. The van der Waals surface area contributed by atoms with Gasteiger partial charge in [0.15, 0.2) is 5.78 Å². The van der Waals surface area contributed by atoms with Gasteiger partial charge in [-0.1, -0.05) is 42.5 Å². The summed E-state index contributed by atoms with van der Waals surface area (Å²) in [6.45, 7) is 3.91. The van der Waals surface area contributed by atoms with Crippen molar-refractivity contribution >= 4 is 23.4 Å². The van der Waals surface area contributed by atoms with E-state index in [4.69, 9.17) is 15.2 Å². The van der Waals surface area contributed by atoms with Crippen molar-refractivity contribution in [3.63, 3.8) is 0 Å². The van der Waals surface area contributed by atoms with Gasteiger partial charge in [-0.15, -0.1) is 0 Å². The molecule has 8 nitrogen and oxygen atoms in total. The summed E-state index contributed by atoms with van der Waals surface area (Å²) in [6, 6.07) is 22.8.